The maximum atomic E-state index is 12.8. The molecule has 1 unspecified atom stereocenters. The van der Waals surface area contributed by atoms with Crippen LogP contribution in [0.1, 0.15) is 30.5 Å². The smallest absolute Gasteiger partial charge is 0.416 e. The molecule has 1 aliphatic carbocycles. The first-order valence-corrected chi connectivity index (χ1v) is 12.4. The summed E-state index contributed by atoms with van der Waals surface area (Å²) in [4.78, 5) is 43.2. The van der Waals surface area contributed by atoms with Crippen LogP contribution >= 0.6 is 0 Å². The van der Waals surface area contributed by atoms with Crippen LogP contribution in [0, 0.1) is 11.3 Å². The van der Waals surface area contributed by atoms with Crippen molar-refractivity contribution in [1.82, 2.24) is 14.9 Å². The monoisotopic (exact) mass is 499 g/mol. The van der Waals surface area contributed by atoms with Crippen molar-refractivity contribution >= 4 is 28.6 Å². The molecule has 1 saturated heterocycles. The third-order valence-electron chi connectivity index (χ3n) is 7.34. The number of nitrogens with one attached hydrogen (secondary N) is 1. The van der Waals surface area contributed by atoms with E-state index in [2.05, 4.69) is 16.4 Å². The summed E-state index contributed by atoms with van der Waals surface area (Å²) >= 11 is 0. The minimum atomic E-state index is -0.426. The fourth-order valence-electron chi connectivity index (χ4n) is 5.56. The number of rotatable bonds is 5. The van der Waals surface area contributed by atoms with Crippen LogP contribution in [0.25, 0.3) is 10.9 Å². The fourth-order valence-corrected chi connectivity index (χ4v) is 5.56. The van der Waals surface area contributed by atoms with Gasteiger partial charge in [-0.15, -0.1) is 0 Å². The summed E-state index contributed by atoms with van der Waals surface area (Å²) in [6, 6.07) is 14.2. The lowest BCUT2D eigenvalue weighted by Gasteiger charge is -2.33. The van der Waals surface area contributed by atoms with Crippen LogP contribution in [0.5, 0.6) is 5.75 Å². The van der Waals surface area contributed by atoms with Gasteiger partial charge in [0.25, 0.3) is 5.56 Å². The normalized spacial score (nSPS) is 22.7. The van der Waals surface area contributed by atoms with E-state index in [9.17, 15) is 14.4 Å². The molecule has 0 radical (unpaired) electrons. The van der Waals surface area contributed by atoms with Crippen molar-refractivity contribution in [2.24, 2.45) is 0 Å². The van der Waals surface area contributed by atoms with Crippen LogP contribution in [-0.4, -0.2) is 52.8 Å². The Kier molecular flexibility index (Phi) is 5.85. The van der Waals surface area contributed by atoms with Gasteiger partial charge in [-0.3, -0.25) is 14.5 Å². The van der Waals surface area contributed by atoms with Crippen LogP contribution < -0.4 is 20.5 Å². The highest BCUT2D eigenvalue weighted by Crippen LogP contribution is 2.36. The number of aromatic nitrogens is 2. The van der Waals surface area contributed by atoms with Crippen molar-refractivity contribution in [2.75, 3.05) is 18.1 Å². The number of pyridine rings is 2. The minimum Gasteiger partial charge on any atom is -0.484 e. The van der Waals surface area contributed by atoms with Crippen molar-refractivity contribution in [2.45, 2.75) is 50.4 Å². The average Bonchev–Trinajstić information content (AvgIpc) is 3.24. The summed E-state index contributed by atoms with van der Waals surface area (Å²) in [5.74, 6) is 1.02. The Bertz CT molecular complexity index is 1510. The summed E-state index contributed by atoms with van der Waals surface area (Å²) in [5, 5.41) is 13.5. The van der Waals surface area contributed by atoms with Gasteiger partial charge in [-0.25, -0.2) is 9.78 Å². The molecule has 0 bridgehead atoms. The van der Waals surface area contributed by atoms with Crippen molar-refractivity contribution in [3.05, 3.63) is 64.1 Å². The number of hydrogen-bond donors (Lipinski definition) is 1. The predicted octanol–water partition coefficient (Wildman–Crippen LogP) is 2.31. The molecule has 1 aromatic carbocycles. The molecule has 10 heteroatoms. The van der Waals surface area contributed by atoms with Gasteiger partial charge in [0, 0.05) is 31.6 Å². The van der Waals surface area contributed by atoms with Gasteiger partial charge in [-0.05, 0) is 54.6 Å². The van der Waals surface area contributed by atoms with E-state index in [1.54, 1.807) is 39.8 Å². The van der Waals surface area contributed by atoms with Crippen molar-refractivity contribution in [3.63, 3.8) is 0 Å². The number of ketones is 1. The number of nitriles is 1. The third-order valence-corrected chi connectivity index (χ3v) is 7.34. The molecule has 10 nitrogen and oxygen atoms in total. The number of anilines is 1. The van der Waals surface area contributed by atoms with Gasteiger partial charge in [0.05, 0.1) is 35.3 Å². The summed E-state index contributed by atoms with van der Waals surface area (Å²) in [6.07, 6.45) is 1.76. The van der Waals surface area contributed by atoms with E-state index < -0.39 is 6.09 Å². The highest BCUT2D eigenvalue weighted by Gasteiger charge is 2.46. The van der Waals surface area contributed by atoms with Gasteiger partial charge in [-0.2, -0.15) is 5.26 Å². The quantitative estimate of drug-likeness (QED) is 0.567. The number of ether oxygens (including phenoxy) is 2. The topological polar surface area (TPSA) is 127 Å². The first kappa shape index (κ1) is 23.2. The number of carbonyl (C=O) groups excluding carboxylic acids is 2. The van der Waals surface area contributed by atoms with Crippen LogP contribution in [0.3, 0.4) is 0 Å². The van der Waals surface area contributed by atoms with Crippen LogP contribution in [0.4, 0.5) is 10.6 Å². The Labute approximate surface area is 212 Å². The van der Waals surface area contributed by atoms with Gasteiger partial charge >= 0.3 is 6.09 Å². The molecule has 188 valence electrons. The second-order valence-corrected chi connectivity index (χ2v) is 9.65. The molecule has 4 heterocycles. The Balaban J connectivity index is 1.10. The molecule has 3 aromatic rings. The van der Waals surface area contributed by atoms with Gasteiger partial charge in [-0.1, -0.05) is 0 Å². The van der Waals surface area contributed by atoms with Gasteiger partial charge in [0.1, 0.15) is 24.3 Å². The lowest BCUT2D eigenvalue weighted by molar-refractivity contribution is -0.121. The Morgan fingerprint density at radius 2 is 2.00 bits per heavy atom. The second-order valence-electron chi connectivity index (χ2n) is 9.65. The number of amides is 1. The van der Waals surface area contributed by atoms with Crippen LogP contribution in [0.2, 0.25) is 0 Å². The molecule has 1 amide bonds. The van der Waals surface area contributed by atoms with Crippen molar-refractivity contribution < 1.29 is 19.1 Å². The number of fused-ring (bicyclic) bond motifs is 3. The zero-order valence-corrected chi connectivity index (χ0v) is 20.1. The molecule has 6 rings (SSSR count). The highest BCUT2D eigenvalue weighted by molar-refractivity contribution is 5.90. The maximum Gasteiger partial charge on any atom is 0.416 e. The molecule has 37 heavy (non-hydrogen) atoms. The predicted molar refractivity (Wildman–Crippen MR) is 134 cm³/mol. The molecule has 2 fully saturated rings. The van der Waals surface area contributed by atoms with Gasteiger partial charge < -0.3 is 19.4 Å². The van der Waals surface area contributed by atoms with E-state index in [1.807, 2.05) is 6.07 Å². The fraction of sp³-hybridized carbons (Fsp3) is 0.370. The molecule has 0 spiro atoms. The number of benzene rings is 1. The maximum absolute atomic E-state index is 12.8. The third kappa shape index (κ3) is 4.32. The Morgan fingerprint density at radius 1 is 1.11 bits per heavy atom. The lowest BCUT2D eigenvalue weighted by Crippen LogP contribution is -2.46. The largest absolute Gasteiger partial charge is 0.484 e. The summed E-state index contributed by atoms with van der Waals surface area (Å²) < 4.78 is 12.9. The van der Waals surface area contributed by atoms with Gasteiger partial charge in [0.2, 0.25) is 0 Å². The summed E-state index contributed by atoms with van der Waals surface area (Å²) in [5.41, 5.74) is 1.81. The molecule has 1 N–H and O–H groups in total. The average molecular weight is 500 g/mol. The van der Waals surface area contributed by atoms with E-state index in [-0.39, 0.29) is 42.6 Å². The first-order valence-electron chi connectivity index (χ1n) is 12.4. The molecule has 2 aliphatic heterocycles. The molecule has 2 aromatic heterocycles. The second kappa shape index (κ2) is 9.33. The van der Waals surface area contributed by atoms with Crippen LogP contribution in [-0.2, 0) is 22.5 Å². The van der Waals surface area contributed by atoms with Gasteiger partial charge in [0.15, 0.2) is 5.78 Å². The zero-order valence-electron chi connectivity index (χ0n) is 20.1. The number of Topliss-reactive ketones (excluding diaryl/α,β-unsaturated/α-hetero) is 1. The van der Waals surface area contributed by atoms with Crippen molar-refractivity contribution in [3.8, 4) is 11.8 Å². The molecule has 3 atom stereocenters. The van der Waals surface area contributed by atoms with Crippen LogP contribution in [0.15, 0.2) is 47.3 Å². The minimum absolute atomic E-state index is 0.0386. The number of carbonyl (C=O) groups is 2. The standard InChI is InChI=1S/C27H25N5O5/c28-14-16-1-4-21-17(11-16)2-8-26(34)31(21)10-9-29-18-3-5-22-24(12-18)37-27(35)32(22)25-7-6-23-20(30-25)13-19(33)15-36-23/h1-2,4,6-8,11,18,22,24,29H,3,5,9-10,12-13,15H2/t18-,22?,24-/m0/s1. The first-order chi connectivity index (χ1) is 18.0. The number of nitrogens with zero attached hydrogens (tertiary/aromatic N) is 4. The van der Waals surface area contributed by atoms with E-state index in [0.29, 0.717) is 42.3 Å². The van der Waals surface area contributed by atoms with E-state index >= 15 is 0 Å². The Morgan fingerprint density at radius 3 is 2.86 bits per heavy atom. The summed E-state index contributed by atoms with van der Waals surface area (Å²) in [7, 11) is 0. The molecular formula is C27H25N5O5. The SMILES string of the molecule is N#Cc1ccc2c(ccc(=O)n2CCN[C@H]2CCC3[C@H](C2)OC(=O)N3c2ccc3c(n2)CC(=O)CO3)c1. The van der Waals surface area contributed by atoms with Crippen molar-refractivity contribution in [1.29, 1.82) is 5.26 Å². The molecule has 1 saturated carbocycles. The van der Waals surface area contributed by atoms with E-state index in [4.69, 9.17) is 14.7 Å². The number of hydrogen-bond acceptors (Lipinski definition) is 8. The zero-order chi connectivity index (χ0) is 25.5. The van der Waals surface area contributed by atoms with E-state index in [0.717, 1.165) is 23.7 Å². The molecular weight excluding hydrogens is 474 g/mol. The molecule has 3 aliphatic rings. The Hall–Kier alpha value is -4.23. The highest BCUT2D eigenvalue weighted by atomic mass is 16.6. The van der Waals surface area contributed by atoms with E-state index in [1.165, 1.54) is 6.07 Å². The lowest BCUT2D eigenvalue weighted by atomic mass is 9.88. The summed E-state index contributed by atoms with van der Waals surface area (Å²) in [6.45, 7) is 1.12.